The molecule has 0 spiro atoms. The molecule has 0 bridgehead atoms. The molecule has 0 atom stereocenters. The first-order valence-corrected chi connectivity index (χ1v) is 10.8. The first-order valence-electron chi connectivity index (χ1n) is 10.8. The van der Waals surface area contributed by atoms with Gasteiger partial charge in [-0.3, -0.25) is 0 Å². The fourth-order valence-electron chi connectivity index (χ4n) is 4.74. The van der Waals surface area contributed by atoms with Crippen molar-refractivity contribution in [2.75, 3.05) is 0 Å². The summed E-state index contributed by atoms with van der Waals surface area (Å²) in [6.45, 7) is 0.179. The van der Waals surface area contributed by atoms with Gasteiger partial charge in [0.1, 0.15) is 0 Å². The van der Waals surface area contributed by atoms with Crippen LogP contribution in [0.5, 0.6) is 0 Å². The lowest BCUT2D eigenvalue weighted by atomic mass is 9.36. The van der Waals surface area contributed by atoms with Gasteiger partial charge in [0.15, 0.2) is 0 Å². The minimum absolute atomic E-state index is 0.179. The topological polar surface area (TPSA) is 0 Å². The molecule has 0 aliphatic carbocycles. The fraction of sp³-hybridized carbons (Fsp3) is 0. The lowest BCUT2D eigenvalue weighted by Gasteiger charge is -2.18. The van der Waals surface area contributed by atoms with Crippen LogP contribution in [-0.4, -0.2) is 6.71 Å². The third-order valence-corrected chi connectivity index (χ3v) is 6.32. The molecule has 0 nitrogen and oxygen atoms in total. The summed E-state index contributed by atoms with van der Waals surface area (Å²) < 4.78 is 0. The van der Waals surface area contributed by atoms with Gasteiger partial charge in [-0.2, -0.15) is 0 Å². The molecular formula is C30H21B. The SMILES string of the molecule is c1ccc2cc(B(c3ccc4ccccc4c3)c3ccc4ccccc4c3)ccc2c1. The van der Waals surface area contributed by atoms with E-state index in [0.29, 0.717) is 0 Å². The zero-order valence-electron chi connectivity index (χ0n) is 17.2. The summed E-state index contributed by atoms with van der Waals surface area (Å²) in [4.78, 5) is 0. The molecule has 0 radical (unpaired) electrons. The fourth-order valence-corrected chi connectivity index (χ4v) is 4.74. The Bertz CT molecular complexity index is 1360. The third kappa shape index (κ3) is 3.29. The van der Waals surface area contributed by atoms with Crippen molar-refractivity contribution in [1.82, 2.24) is 0 Å². The second-order valence-corrected chi connectivity index (χ2v) is 8.25. The molecular weight excluding hydrogens is 371 g/mol. The van der Waals surface area contributed by atoms with Crippen LogP contribution in [0.1, 0.15) is 0 Å². The molecule has 0 unspecified atom stereocenters. The summed E-state index contributed by atoms with van der Waals surface area (Å²) in [5.74, 6) is 0. The highest BCUT2D eigenvalue weighted by Crippen LogP contribution is 2.16. The lowest BCUT2D eigenvalue weighted by Crippen LogP contribution is -2.51. The molecule has 6 rings (SSSR count). The van der Waals surface area contributed by atoms with Gasteiger partial charge in [0.05, 0.1) is 0 Å². The van der Waals surface area contributed by atoms with E-state index in [9.17, 15) is 0 Å². The largest absolute Gasteiger partial charge is 0.241 e. The van der Waals surface area contributed by atoms with Crippen LogP contribution in [0.2, 0.25) is 0 Å². The number of benzene rings is 6. The Labute approximate surface area is 182 Å². The summed E-state index contributed by atoms with van der Waals surface area (Å²) in [5.41, 5.74) is 3.97. The highest BCUT2D eigenvalue weighted by molar-refractivity contribution is 6.95. The van der Waals surface area contributed by atoms with Gasteiger partial charge in [-0.05, 0) is 32.3 Å². The number of hydrogen-bond acceptors (Lipinski definition) is 0. The van der Waals surface area contributed by atoms with Crippen LogP contribution < -0.4 is 16.4 Å². The van der Waals surface area contributed by atoms with Gasteiger partial charge in [-0.15, -0.1) is 0 Å². The molecule has 0 fully saturated rings. The van der Waals surface area contributed by atoms with Crippen molar-refractivity contribution < 1.29 is 0 Å². The van der Waals surface area contributed by atoms with E-state index in [1.807, 2.05) is 0 Å². The van der Waals surface area contributed by atoms with Crippen molar-refractivity contribution in [3.05, 3.63) is 127 Å². The standard InChI is InChI=1S/C30H21B/c1-4-10-25-19-28(16-13-22(25)7-1)31(29-17-14-23-8-2-5-11-26(23)20-29)30-18-15-24-9-3-6-12-27(24)21-30/h1-21H. The van der Waals surface area contributed by atoms with Gasteiger partial charge >= 0.3 is 0 Å². The second-order valence-electron chi connectivity index (χ2n) is 8.25. The first-order chi connectivity index (χ1) is 15.3. The Balaban J connectivity index is 1.59. The van der Waals surface area contributed by atoms with Gasteiger partial charge in [0, 0.05) is 0 Å². The highest BCUT2D eigenvalue weighted by atomic mass is 14.0. The molecule has 0 saturated carbocycles. The van der Waals surface area contributed by atoms with Crippen LogP contribution in [0.25, 0.3) is 32.3 Å². The van der Waals surface area contributed by atoms with Crippen LogP contribution in [0, 0.1) is 0 Å². The van der Waals surface area contributed by atoms with Gasteiger partial charge in [0.2, 0.25) is 6.71 Å². The number of fused-ring (bicyclic) bond motifs is 3. The van der Waals surface area contributed by atoms with E-state index in [-0.39, 0.29) is 6.71 Å². The summed E-state index contributed by atoms with van der Waals surface area (Å²) in [5, 5.41) is 7.69. The van der Waals surface area contributed by atoms with Crippen molar-refractivity contribution in [3.63, 3.8) is 0 Å². The molecule has 31 heavy (non-hydrogen) atoms. The monoisotopic (exact) mass is 392 g/mol. The maximum Gasteiger partial charge on any atom is 0.241 e. The summed E-state index contributed by atoms with van der Waals surface area (Å²) in [6, 6.07) is 46.5. The highest BCUT2D eigenvalue weighted by Gasteiger charge is 2.22. The molecule has 0 saturated heterocycles. The van der Waals surface area contributed by atoms with Crippen LogP contribution >= 0.6 is 0 Å². The molecule has 0 aliphatic heterocycles. The van der Waals surface area contributed by atoms with E-state index in [1.54, 1.807) is 0 Å². The van der Waals surface area contributed by atoms with Gasteiger partial charge < -0.3 is 0 Å². The summed E-state index contributed by atoms with van der Waals surface area (Å²) >= 11 is 0. The Kier molecular flexibility index (Phi) is 4.32. The number of rotatable bonds is 3. The average molecular weight is 392 g/mol. The molecule has 6 aromatic rings. The minimum Gasteiger partial charge on any atom is -0.0680 e. The lowest BCUT2D eigenvalue weighted by molar-refractivity contribution is 1.74. The van der Waals surface area contributed by atoms with Gasteiger partial charge in [0.25, 0.3) is 0 Å². The molecule has 0 aliphatic rings. The molecule has 1 heteroatoms. The van der Waals surface area contributed by atoms with E-state index >= 15 is 0 Å². The Morgan fingerprint density at radius 2 is 0.581 bits per heavy atom. The average Bonchev–Trinajstić information content (AvgIpc) is 2.84. The van der Waals surface area contributed by atoms with Crippen LogP contribution in [0.4, 0.5) is 0 Å². The van der Waals surface area contributed by atoms with Gasteiger partial charge in [-0.25, -0.2) is 0 Å². The Morgan fingerprint density at radius 1 is 0.290 bits per heavy atom. The van der Waals surface area contributed by atoms with Crippen molar-refractivity contribution in [2.45, 2.75) is 0 Å². The van der Waals surface area contributed by atoms with Crippen molar-refractivity contribution in [3.8, 4) is 0 Å². The van der Waals surface area contributed by atoms with E-state index in [2.05, 4.69) is 127 Å². The zero-order valence-corrected chi connectivity index (χ0v) is 17.2. The molecule has 0 amide bonds. The van der Waals surface area contributed by atoms with E-state index in [1.165, 1.54) is 48.7 Å². The molecule has 144 valence electrons. The first kappa shape index (κ1) is 18.0. The Morgan fingerprint density at radius 3 is 0.903 bits per heavy atom. The van der Waals surface area contributed by atoms with Crippen molar-refractivity contribution >= 4 is 55.4 Å². The minimum atomic E-state index is 0.179. The summed E-state index contributed by atoms with van der Waals surface area (Å²) in [6.07, 6.45) is 0. The second kappa shape index (κ2) is 7.45. The zero-order chi connectivity index (χ0) is 20.6. The van der Waals surface area contributed by atoms with Crippen LogP contribution in [0.15, 0.2) is 127 Å². The smallest absolute Gasteiger partial charge is 0.0680 e. The van der Waals surface area contributed by atoms with Gasteiger partial charge in [-0.1, -0.05) is 144 Å². The Hall–Kier alpha value is -3.84. The van der Waals surface area contributed by atoms with Crippen LogP contribution in [-0.2, 0) is 0 Å². The van der Waals surface area contributed by atoms with Crippen LogP contribution in [0.3, 0.4) is 0 Å². The van der Waals surface area contributed by atoms with E-state index in [0.717, 1.165) is 0 Å². The predicted octanol–water partition coefficient (Wildman–Crippen LogP) is 5.66. The normalized spacial score (nSPS) is 11.2. The maximum atomic E-state index is 2.35. The maximum absolute atomic E-state index is 2.35. The molecule has 0 aromatic heterocycles. The van der Waals surface area contributed by atoms with Crippen molar-refractivity contribution in [1.29, 1.82) is 0 Å². The third-order valence-electron chi connectivity index (χ3n) is 6.32. The van der Waals surface area contributed by atoms with E-state index < -0.39 is 0 Å². The summed E-state index contributed by atoms with van der Waals surface area (Å²) in [7, 11) is 0. The molecule has 0 heterocycles. The molecule has 0 N–H and O–H groups in total. The predicted molar refractivity (Wildman–Crippen MR) is 136 cm³/mol. The van der Waals surface area contributed by atoms with Crippen molar-refractivity contribution in [2.24, 2.45) is 0 Å². The molecule has 6 aromatic carbocycles. The quantitative estimate of drug-likeness (QED) is 0.341. The number of hydrogen-bond donors (Lipinski definition) is 0. The van der Waals surface area contributed by atoms with E-state index in [4.69, 9.17) is 0 Å².